The lowest BCUT2D eigenvalue weighted by Crippen LogP contribution is -2.05. The molecule has 0 spiro atoms. The van der Waals surface area contributed by atoms with Crippen LogP contribution < -0.4 is 15.2 Å². The fraction of sp³-hybridized carbons (Fsp3) is 0.200. The van der Waals surface area contributed by atoms with Gasteiger partial charge in [-0.15, -0.1) is 0 Å². The zero-order valence-electron chi connectivity index (χ0n) is 10.9. The lowest BCUT2D eigenvalue weighted by atomic mass is 10.1. The highest BCUT2D eigenvalue weighted by molar-refractivity contribution is 9.10. The summed E-state index contributed by atoms with van der Waals surface area (Å²) >= 11 is 3.51. The molecular weight excluding hydrogens is 306 g/mol. The fourth-order valence-electron chi connectivity index (χ4n) is 1.77. The Morgan fingerprint density at radius 1 is 1.11 bits per heavy atom. The van der Waals surface area contributed by atoms with Crippen LogP contribution in [0.2, 0.25) is 0 Å². The normalized spacial score (nSPS) is 12.0. The largest absolute Gasteiger partial charge is 0.493 e. The zero-order chi connectivity index (χ0) is 13.8. The number of para-hydroxylation sites is 2. The first kappa shape index (κ1) is 13.9. The summed E-state index contributed by atoms with van der Waals surface area (Å²) in [6.45, 7) is 1.95. The standard InChI is InChI=1S/C15H16BrNO2/c1-10(17)12-8-7-11(9-13(12)16)19-15-6-4-3-5-14(15)18-2/h3-10H,17H2,1-2H3/t10-/m1/s1. The summed E-state index contributed by atoms with van der Waals surface area (Å²) in [5.74, 6) is 2.13. The fourth-order valence-corrected chi connectivity index (χ4v) is 2.49. The van der Waals surface area contributed by atoms with Crippen LogP contribution in [0.15, 0.2) is 46.9 Å². The van der Waals surface area contributed by atoms with E-state index >= 15 is 0 Å². The van der Waals surface area contributed by atoms with Gasteiger partial charge in [0.25, 0.3) is 0 Å². The van der Waals surface area contributed by atoms with Gasteiger partial charge in [-0.3, -0.25) is 0 Å². The molecule has 100 valence electrons. The van der Waals surface area contributed by atoms with E-state index in [0.717, 1.165) is 15.8 Å². The molecule has 0 saturated carbocycles. The molecule has 1 atom stereocenters. The molecule has 0 aliphatic carbocycles. The first-order chi connectivity index (χ1) is 9.11. The Morgan fingerprint density at radius 3 is 2.37 bits per heavy atom. The highest BCUT2D eigenvalue weighted by Gasteiger charge is 2.08. The molecule has 2 aromatic carbocycles. The number of methoxy groups -OCH3 is 1. The SMILES string of the molecule is COc1ccccc1Oc1ccc([C@@H](C)N)c(Br)c1. The highest BCUT2D eigenvalue weighted by Crippen LogP contribution is 2.33. The van der Waals surface area contributed by atoms with Crippen LogP contribution in [-0.2, 0) is 0 Å². The van der Waals surface area contributed by atoms with Crippen LogP contribution in [0.25, 0.3) is 0 Å². The van der Waals surface area contributed by atoms with Gasteiger partial charge in [-0.05, 0) is 36.8 Å². The van der Waals surface area contributed by atoms with Crippen LogP contribution in [0.1, 0.15) is 18.5 Å². The van der Waals surface area contributed by atoms with E-state index in [9.17, 15) is 0 Å². The van der Waals surface area contributed by atoms with Gasteiger partial charge in [-0.1, -0.05) is 34.1 Å². The summed E-state index contributed by atoms with van der Waals surface area (Å²) in [5, 5.41) is 0. The number of halogens is 1. The first-order valence-corrected chi connectivity index (χ1v) is 6.77. The third-order valence-corrected chi connectivity index (χ3v) is 3.45. The second kappa shape index (κ2) is 6.08. The molecule has 0 heterocycles. The third-order valence-electron chi connectivity index (χ3n) is 2.76. The van der Waals surface area contributed by atoms with Crippen LogP contribution in [0.4, 0.5) is 0 Å². The number of benzene rings is 2. The average molecular weight is 322 g/mol. The quantitative estimate of drug-likeness (QED) is 0.914. The van der Waals surface area contributed by atoms with E-state index in [1.54, 1.807) is 7.11 Å². The van der Waals surface area contributed by atoms with Gasteiger partial charge in [0.15, 0.2) is 11.5 Å². The van der Waals surface area contributed by atoms with Crippen molar-refractivity contribution in [1.29, 1.82) is 0 Å². The van der Waals surface area contributed by atoms with Crippen molar-refractivity contribution in [2.75, 3.05) is 7.11 Å². The van der Waals surface area contributed by atoms with Crippen LogP contribution in [0.3, 0.4) is 0 Å². The number of hydrogen-bond acceptors (Lipinski definition) is 3. The summed E-state index contributed by atoms with van der Waals surface area (Å²) in [6.07, 6.45) is 0. The summed E-state index contributed by atoms with van der Waals surface area (Å²) < 4.78 is 12.0. The monoisotopic (exact) mass is 321 g/mol. The van der Waals surface area contributed by atoms with Gasteiger partial charge in [-0.25, -0.2) is 0 Å². The van der Waals surface area contributed by atoms with Crippen molar-refractivity contribution >= 4 is 15.9 Å². The zero-order valence-corrected chi connectivity index (χ0v) is 12.5. The molecule has 0 amide bonds. The minimum atomic E-state index is -0.0188. The highest BCUT2D eigenvalue weighted by atomic mass is 79.9. The summed E-state index contributed by atoms with van der Waals surface area (Å²) in [6, 6.07) is 13.3. The van der Waals surface area contributed by atoms with Crippen molar-refractivity contribution in [3.05, 3.63) is 52.5 Å². The van der Waals surface area contributed by atoms with Gasteiger partial charge in [0, 0.05) is 10.5 Å². The van der Waals surface area contributed by atoms with Crippen molar-refractivity contribution in [2.24, 2.45) is 5.73 Å². The van der Waals surface area contributed by atoms with Crippen LogP contribution in [0.5, 0.6) is 17.2 Å². The van der Waals surface area contributed by atoms with Gasteiger partial charge < -0.3 is 15.2 Å². The van der Waals surface area contributed by atoms with Crippen molar-refractivity contribution in [1.82, 2.24) is 0 Å². The lowest BCUT2D eigenvalue weighted by molar-refractivity contribution is 0.379. The molecule has 3 nitrogen and oxygen atoms in total. The molecule has 19 heavy (non-hydrogen) atoms. The van der Waals surface area contributed by atoms with Crippen LogP contribution in [-0.4, -0.2) is 7.11 Å². The van der Waals surface area contributed by atoms with E-state index in [4.69, 9.17) is 15.2 Å². The molecule has 0 aromatic heterocycles. The molecule has 4 heteroatoms. The first-order valence-electron chi connectivity index (χ1n) is 5.97. The third kappa shape index (κ3) is 3.28. The molecule has 0 unspecified atom stereocenters. The predicted octanol–water partition coefficient (Wildman–Crippen LogP) is 4.27. The minimum absolute atomic E-state index is 0.0188. The molecule has 2 aromatic rings. The molecule has 0 radical (unpaired) electrons. The lowest BCUT2D eigenvalue weighted by Gasteiger charge is -2.13. The van der Waals surface area contributed by atoms with E-state index in [0.29, 0.717) is 11.5 Å². The van der Waals surface area contributed by atoms with Crippen molar-refractivity contribution in [2.45, 2.75) is 13.0 Å². The van der Waals surface area contributed by atoms with E-state index in [2.05, 4.69) is 15.9 Å². The van der Waals surface area contributed by atoms with Gasteiger partial charge in [-0.2, -0.15) is 0 Å². The molecule has 0 saturated heterocycles. The molecule has 0 aliphatic rings. The Hall–Kier alpha value is -1.52. The number of hydrogen-bond donors (Lipinski definition) is 1. The molecule has 2 rings (SSSR count). The minimum Gasteiger partial charge on any atom is -0.493 e. The second-order valence-electron chi connectivity index (χ2n) is 4.22. The van der Waals surface area contributed by atoms with Crippen LogP contribution in [0, 0.1) is 0 Å². The Morgan fingerprint density at radius 2 is 1.79 bits per heavy atom. The molecular formula is C15H16BrNO2. The maximum absolute atomic E-state index is 5.87. The van der Waals surface area contributed by atoms with Gasteiger partial charge in [0.1, 0.15) is 5.75 Å². The van der Waals surface area contributed by atoms with E-state index in [1.165, 1.54) is 0 Å². The number of ether oxygens (including phenoxy) is 2. The van der Waals surface area contributed by atoms with Gasteiger partial charge >= 0.3 is 0 Å². The average Bonchev–Trinajstić information content (AvgIpc) is 2.39. The Bertz CT molecular complexity index is 570. The number of rotatable bonds is 4. The van der Waals surface area contributed by atoms with Crippen molar-refractivity contribution < 1.29 is 9.47 Å². The maximum Gasteiger partial charge on any atom is 0.169 e. The van der Waals surface area contributed by atoms with E-state index in [-0.39, 0.29) is 6.04 Å². The van der Waals surface area contributed by atoms with Crippen LogP contribution >= 0.6 is 15.9 Å². The summed E-state index contributed by atoms with van der Waals surface area (Å²) in [4.78, 5) is 0. The van der Waals surface area contributed by atoms with Crippen molar-refractivity contribution in [3.63, 3.8) is 0 Å². The maximum atomic E-state index is 5.87. The van der Waals surface area contributed by atoms with Gasteiger partial charge in [0.2, 0.25) is 0 Å². The predicted molar refractivity (Wildman–Crippen MR) is 79.8 cm³/mol. The Labute approximate surface area is 121 Å². The Balaban J connectivity index is 2.26. The molecule has 0 bridgehead atoms. The topological polar surface area (TPSA) is 44.5 Å². The smallest absolute Gasteiger partial charge is 0.169 e. The van der Waals surface area contributed by atoms with E-state index in [1.807, 2.05) is 49.4 Å². The number of nitrogens with two attached hydrogens (primary N) is 1. The van der Waals surface area contributed by atoms with Gasteiger partial charge in [0.05, 0.1) is 7.11 Å². The molecule has 0 aliphatic heterocycles. The molecule has 0 fully saturated rings. The van der Waals surface area contributed by atoms with Crippen molar-refractivity contribution in [3.8, 4) is 17.2 Å². The Kier molecular flexibility index (Phi) is 4.45. The van der Waals surface area contributed by atoms with E-state index < -0.39 is 0 Å². The summed E-state index contributed by atoms with van der Waals surface area (Å²) in [5.41, 5.74) is 6.92. The summed E-state index contributed by atoms with van der Waals surface area (Å²) in [7, 11) is 1.62. The second-order valence-corrected chi connectivity index (χ2v) is 5.08. The molecule has 2 N–H and O–H groups in total.